The highest BCUT2D eigenvalue weighted by Crippen LogP contribution is 2.28. The van der Waals surface area contributed by atoms with E-state index >= 15 is 0 Å². The van der Waals surface area contributed by atoms with Crippen LogP contribution in [0, 0.1) is 0 Å². The van der Waals surface area contributed by atoms with Crippen LogP contribution >= 0.6 is 11.3 Å². The molecule has 2 heteroatoms. The molecular formula is C13H21NS. The number of rotatable bonds is 3. The van der Waals surface area contributed by atoms with Gasteiger partial charge in [-0.3, -0.25) is 0 Å². The Hall–Kier alpha value is -0.340. The SMILES string of the molecule is CCC1(Cc2cccs2)CCCCCN1. The third kappa shape index (κ3) is 2.82. The molecule has 0 amide bonds. The van der Waals surface area contributed by atoms with Crippen LogP contribution in [0.4, 0.5) is 0 Å². The molecule has 15 heavy (non-hydrogen) atoms. The molecule has 2 rings (SSSR count). The Labute approximate surface area is 96.9 Å². The largest absolute Gasteiger partial charge is 0.311 e. The Bertz CT molecular complexity index is 271. The lowest BCUT2D eigenvalue weighted by Gasteiger charge is -2.32. The van der Waals surface area contributed by atoms with Crippen molar-refractivity contribution in [2.75, 3.05) is 6.54 Å². The van der Waals surface area contributed by atoms with Gasteiger partial charge in [-0.05, 0) is 43.7 Å². The van der Waals surface area contributed by atoms with Gasteiger partial charge in [0.05, 0.1) is 0 Å². The van der Waals surface area contributed by atoms with Gasteiger partial charge in [0, 0.05) is 10.4 Å². The molecule has 2 heterocycles. The Morgan fingerprint density at radius 1 is 1.40 bits per heavy atom. The second-order valence-electron chi connectivity index (χ2n) is 4.63. The molecule has 1 aromatic rings. The van der Waals surface area contributed by atoms with Crippen LogP contribution in [0.3, 0.4) is 0 Å². The molecule has 1 atom stereocenters. The lowest BCUT2D eigenvalue weighted by molar-refractivity contribution is 0.304. The molecule has 1 N–H and O–H groups in total. The van der Waals surface area contributed by atoms with Crippen LogP contribution in [-0.4, -0.2) is 12.1 Å². The Kier molecular flexibility index (Phi) is 3.81. The first-order valence-electron chi connectivity index (χ1n) is 6.12. The first-order valence-corrected chi connectivity index (χ1v) is 7.00. The number of hydrogen-bond acceptors (Lipinski definition) is 2. The van der Waals surface area contributed by atoms with Crippen LogP contribution in [0.5, 0.6) is 0 Å². The molecule has 1 aliphatic rings. The van der Waals surface area contributed by atoms with Crippen LogP contribution in [0.2, 0.25) is 0 Å². The summed E-state index contributed by atoms with van der Waals surface area (Å²) in [6, 6.07) is 4.44. The van der Waals surface area contributed by atoms with E-state index in [-0.39, 0.29) is 0 Å². The highest BCUT2D eigenvalue weighted by Gasteiger charge is 2.28. The molecule has 0 aliphatic carbocycles. The van der Waals surface area contributed by atoms with E-state index in [9.17, 15) is 0 Å². The molecule has 84 valence electrons. The third-order valence-electron chi connectivity index (χ3n) is 3.60. The summed E-state index contributed by atoms with van der Waals surface area (Å²) >= 11 is 1.90. The zero-order valence-electron chi connectivity index (χ0n) is 9.59. The summed E-state index contributed by atoms with van der Waals surface area (Å²) in [5.74, 6) is 0. The summed E-state index contributed by atoms with van der Waals surface area (Å²) < 4.78 is 0. The van der Waals surface area contributed by atoms with Crippen molar-refractivity contribution < 1.29 is 0 Å². The monoisotopic (exact) mass is 223 g/mol. The van der Waals surface area contributed by atoms with E-state index in [1.807, 2.05) is 11.3 Å². The van der Waals surface area contributed by atoms with Gasteiger partial charge in [-0.15, -0.1) is 11.3 Å². The summed E-state index contributed by atoms with van der Waals surface area (Å²) in [6.07, 6.45) is 7.98. The van der Waals surface area contributed by atoms with Crippen molar-refractivity contribution in [2.45, 2.75) is 51.0 Å². The van der Waals surface area contributed by atoms with Crippen molar-refractivity contribution in [1.82, 2.24) is 5.32 Å². The maximum Gasteiger partial charge on any atom is 0.0227 e. The maximum atomic E-state index is 3.79. The molecule has 1 unspecified atom stereocenters. The predicted molar refractivity (Wildman–Crippen MR) is 67.5 cm³/mol. The quantitative estimate of drug-likeness (QED) is 0.825. The summed E-state index contributed by atoms with van der Waals surface area (Å²) in [5.41, 5.74) is 0.390. The Morgan fingerprint density at radius 3 is 3.07 bits per heavy atom. The average Bonchev–Trinajstić information content (AvgIpc) is 2.64. The highest BCUT2D eigenvalue weighted by atomic mass is 32.1. The molecule has 0 radical (unpaired) electrons. The van der Waals surface area contributed by atoms with Gasteiger partial charge in [-0.25, -0.2) is 0 Å². The van der Waals surface area contributed by atoms with E-state index in [0.29, 0.717) is 5.54 Å². The van der Waals surface area contributed by atoms with Gasteiger partial charge in [0.1, 0.15) is 0 Å². The second-order valence-corrected chi connectivity index (χ2v) is 5.66. The number of thiophene rings is 1. The van der Waals surface area contributed by atoms with Gasteiger partial charge in [-0.2, -0.15) is 0 Å². The minimum absolute atomic E-state index is 0.390. The lowest BCUT2D eigenvalue weighted by atomic mass is 9.86. The van der Waals surface area contributed by atoms with E-state index in [4.69, 9.17) is 0 Å². The molecule has 1 aliphatic heterocycles. The van der Waals surface area contributed by atoms with E-state index in [1.165, 1.54) is 49.9 Å². The first kappa shape index (κ1) is 11.2. The minimum Gasteiger partial charge on any atom is -0.311 e. The summed E-state index contributed by atoms with van der Waals surface area (Å²) in [6.45, 7) is 3.53. The molecular weight excluding hydrogens is 202 g/mol. The van der Waals surface area contributed by atoms with E-state index in [0.717, 1.165) is 0 Å². The standard InChI is InChI=1S/C13H21NS/c1-2-13(8-4-3-5-9-14-13)11-12-7-6-10-15-12/h6-7,10,14H,2-5,8-9,11H2,1H3. The van der Waals surface area contributed by atoms with Crippen LogP contribution in [-0.2, 0) is 6.42 Å². The molecule has 0 bridgehead atoms. The molecule has 0 aromatic carbocycles. The Balaban J connectivity index is 2.05. The normalized spacial score (nSPS) is 27.5. The molecule has 1 saturated heterocycles. The zero-order chi connectivity index (χ0) is 10.6. The minimum atomic E-state index is 0.390. The highest BCUT2D eigenvalue weighted by molar-refractivity contribution is 7.09. The fourth-order valence-corrected chi connectivity index (χ4v) is 3.38. The van der Waals surface area contributed by atoms with Crippen LogP contribution in [0.25, 0.3) is 0 Å². The summed E-state index contributed by atoms with van der Waals surface area (Å²) in [4.78, 5) is 1.53. The zero-order valence-corrected chi connectivity index (χ0v) is 10.4. The molecule has 1 nitrogen and oxygen atoms in total. The smallest absolute Gasteiger partial charge is 0.0227 e. The van der Waals surface area contributed by atoms with Gasteiger partial charge in [0.2, 0.25) is 0 Å². The van der Waals surface area contributed by atoms with Gasteiger partial charge >= 0.3 is 0 Å². The summed E-state index contributed by atoms with van der Waals surface area (Å²) in [5, 5.41) is 5.98. The van der Waals surface area contributed by atoms with Crippen molar-refractivity contribution in [3.8, 4) is 0 Å². The number of nitrogens with one attached hydrogen (secondary N) is 1. The van der Waals surface area contributed by atoms with Gasteiger partial charge < -0.3 is 5.32 Å². The van der Waals surface area contributed by atoms with Crippen LogP contribution < -0.4 is 5.32 Å². The van der Waals surface area contributed by atoms with Gasteiger partial charge in [0.25, 0.3) is 0 Å². The van der Waals surface area contributed by atoms with Crippen molar-refractivity contribution in [3.63, 3.8) is 0 Å². The van der Waals surface area contributed by atoms with Crippen molar-refractivity contribution >= 4 is 11.3 Å². The van der Waals surface area contributed by atoms with Crippen molar-refractivity contribution in [2.24, 2.45) is 0 Å². The predicted octanol–water partition coefficient (Wildman–Crippen LogP) is 3.60. The van der Waals surface area contributed by atoms with Crippen molar-refractivity contribution in [3.05, 3.63) is 22.4 Å². The van der Waals surface area contributed by atoms with Gasteiger partial charge in [-0.1, -0.05) is 25.8 Å². The van der Waals surface area contributed by atoms with E-state index in [2.05, 4.69) is 29.8 Å². The van der Waals surface area contributed by atoms with Crippen LogP contribution in [0.15, 0.2) is 17.5 Å². The van der Waals surface area contributed by atoms with E-state index < -0.39 is 0 Å². The van der Waals surface area contributed by atoms with Gasteiger partial charge in [0.15, 0.2) is 0 Å². The average molecular weight is 223 g/mol. The fourth-order valence-electron chi connectivity index (χ4n) is 2.53. The molecule has 0 saturated carbocycles. The molecule has 1 fully saturated rings. The van der Waals surface area contributed by atoms with E-state index in [1.54, 1.807) is 0 Å². The third-order valence-corrected chi connectivity index (χ3v) is 4.48. The maximum absolute atomic E-state index is 3.79. The topological polar surface area (TPSA) is 12.0 Å². The number of hydrogen-bond donors (Lipinski definition) is 1. The van der Waals surface area contributed by atoms with Crippen molar-refractivity contribution in [1.29, 1.82) is 0 Å². The second kappa shape index (κ2) is 5.13. The first-order chi connectivity index (χ1) is 7.35. The molecule has 1 aromatic heterocycles. The van der Waals surface area contributed by atoms with Crippen LogP contribution in [0.1, 0.15) is 43.9 Å². The fraction of sp³-hybridized carbons (Fsp3) is 0.692. The summed E-state index contributed by atoms with van der Waals surface area (Å²) in [7, 11) is 0. The Morgan fingerprint density at radius 2 is 2.33 bits per heavy atom. The molecule has 0 spiro atoms. The lowest BCUT2D eigenvalue weighted by Crippen LogP contribution is -2.45.